The molecule has 0 radical (unpaired) electrons. The first-order valence-corrected chi connectivity index (χ1v) is 9.37. The van der Waals surface area contributed by atoms with Gasteiger partial charge in [-0.3, -0.25) is 0 Å². The van der Waals surface area contributed by atoms with Gasteiger partial charge in [0.25, 0.3) is 0 Å². The fourth-order valence-corrected chi connectivity index (χ4v) is 3.76. The van der Waals surface area contributed by atoms with E-state index in [1.165, 1.54) is 6.42 Å². The lowest BCUT2D eigenvalue weighted by molar-refractivity contribution is 0.240. The molecule has 0 bridgehead atoms. The second-order valence-electron chi connectivity index (χ2n) is 6.07. The van der Waals surface area contributed by atoms with Gasteiger partial charge < -0.3 is 10.1 Å². The van der Waals surface area contributed by atoms with Crippen LogP contribution in [0, 0.1) is 6.92 Å². The summed E-state index contributed by atoms with van der Waals surface area (Å²) >= 11 is 0. The van der Waals surface area contributed by atoms with Crippen molar-refractivity contribution in [1.29, 1.82) is 0 Å². The molecular formula is C16H26N2O3S. The van der Waals surface area contributed by atoms with Gasteiger partial charge in [-0.2, -0.15) is 0 Å². The summed E-state index contributed by atoms with van der Waals surface area (Å²) in [7, 11) is -3.45. The quantitative estimate of drug-likeness (QED) is 0.806. The lowest BCUT2D eigenvalue weighted by Crippen LogP contribution is -2.30. The SMILES string of the molecule is Cc1cc(S(=O)(=O)NCC[C@H]2CCCN2)ccc1OC(C)C. The number of benzene rings is 1. The van der Waals surface area contributed by atoms with Crippen molar-refractivity contribution in [2.75, 3.05) is 13.1 Å². The van der Waals surface area contributed by atoms with Crippen molar-refractivity contribution in [1.82, 2.24) is 10.0 Å². The summed E-state index contributed by atoms with van der Waals surface area (Å²) in [5.74, 6) is 0.726. The second-order valence-corrected chi connectivity index (χ2v) is 7.84. The molecule has 124 valence electrons. The maximum atomic E-state index is 12.3. The molecule has 0 unspecified atom stereocenters. The molecule has 1 atom stereocenters. The van der Waals surface area contributed by atoms with Crippen molar-refractivity contribution in [2.24, 2.45) is 0 Å². The third-order valence-corrected chi connectivity index (χ3v) is 5.23. The highest BCUT2D eigenvalue weighted by atomic mass is 32.2. The predicted octanol–water partition coefficient (Wildman–Crippen LogP) is 2.20. The predicted molar refractivity (Wildman–Crippen MR) is 87.8 cm³/mol. The molecule has 0 amide bonds. The zero-order valence-corrected chi connectivity index (χ0v) is 14.4. The highest BCUT2D eigenvalue weighted by Crippen LogP contribution is 2.22. The molecule has 22 heavy (non-hydrogen) atoms. The van der Waals surface area contributed by atoms with Crippen molar-refractivity contribution in [3.8, 4) is 5.75 Å². The Balaban J connectivity index is 1.97. The summed E-state index contributed by atoms with van der Waals surface area (Å²) in [4.78, 5) is 0.292. The minimum absolute atomic E-state index is 0.0678. The third-order valence-electron chi connectivity index (χ3n) is 3.77. The van der Waals surface area contributed by atoms with Crippen molar-refractivity contribution >= 4 is 10.0 Å². The van der Waals surface area contributed by atoms with Crippen molar-refractivity contribution in [3.05, 3.63) is 23.8 Å². The molecule has 1 aliphatic heterocycles. The van der Waals surface area contributed by atoms with Crippen LogP contribution in [0.25, 0.3) is 0 Å². The zero-order chi connectivity index (χ0) is 16.2. The molecule has 6 heteroatoms. The highest BCUT2D eigenvalue weighted by molar-refractivity contribution is 7.89. The van der Waals surface area contributed by atoms with Crippen LogP contribution in [0.2, 0.25) is 0 Å². The molecule has 0 aromatic heterocycles. The number of sulfonamides is 1. The van der Waals surface area contributed by atoms with E-state index in [0.717, 1.165) is 30.7 Å². The molecule has 0 aliphatic carbocycles. The number of hydrogen-bond donors (Lipinski definition) is 2. The maximum Gasteiger partial charge on any atom is 0.240 e. The van der Waals surface area contributed by atoms with Crippen LogP contribution in [0.3, 0.4) is 0 Å². The van der Waals surface area contributed by atoms with Crippen LogP contribution in [-0.4, -0.2) is 33.7 Å². The summed E-state index contributed by atoms with van der Waals surface area (Å²) in [5, 5.41) is 3.37. The molecule has 1 aliphatic rings. The van der Waals surface area contributed by atoms with Crippen LogP contribution >= 0.6 is 0 Å². The summed E-state index contributed by atoms with van der Waals surface area (Å²) < 4.78 is 33.0. The zero-order valence-electron chi connectivity index (χ0n) is 13.6. The summed E-state index contributed by atoms with van der Waals surface area (Å²) in [6, 6.07) is 5.42. The first-order chi connectivity index (χ1) is 10.4. The number of hydrogen-bond acceptors (Lipinski definition) is 4. The van der Waals surface area contributed by atoms with Gasteiger partial charge in [-0.1, -0.05) is 0 Å². The molecule has 1 heterocycles. The first kappa shape index (κ1) is 17.2. The molecule has 1 saturated heterocycles. The average Bonchev–Trinajstić information content (AvgIpc) is 2.93. The van der Waals surface area contributed by atoms with E-state index in [2.05, 4.69) is 10.0 Å². The first-order valence-electron chi connectivity index (χ1n) is 7.89. The second kappa shape index (κ2) is 7.44. The van der Waals surface area contributed by atoms with E-state index in [-0.39, 0.29) is 6.10 Å². The Morgan fingerprint density at radius 3 is 2.77 bits per heavy atom. The number of aryl methyl sites for hydroxylation is 1. The van der Waals surface area contributed by atoms with Crippen molar-refractivity contribution in [3.63, 3.8) is 0 Å². The summed E-state index contributed by atoms with van der Waals surface area (Å²) in [6.07, 6.45) is 3.20. The molecule has 0 saturated carbocycles. The van der Waals surface area contributed by atoms with Crippen molar-refractivity contribution < 1.29 is 13.2 Å². The molecule has 1 aromatic rings. The van der Waals surface area contributed by atoms with Crippen LogP contribution in [-0.2, 0) is 10.0 Å². The number of nitrogens with one attached hydrogen (secondary N) is 2. The van der Waals surface area contributed by atoms with Gasteiger partial charge in [0.2, 0.25) is 10.0 Å². The standard InChI is InChI=1S/C16H26N2O3S/c1-12(2)21-16-7-6-15(11-13(16)3)22(19,20)18-10-8-14-5-4-9-17-14/h6-7,11-12,14,17-18H,4-5,8-10H2,1-3H3/t14-/m1/s1. The topological polar surface area (TPSA) is 67.4 Å². The Kier molecular flexibility index (Phi) is 5.83. The molecule has 2 rings (SSSR count). The van der Waals surface area contributed by atoms with E-state index in [1.807, 2.05) is 20.8 Å². The van der Waals surface area contributed by atoms with Crippen LogP contribution in [0.1, 0.15) is 38.7 Å². The largest absolute Gasteiger partial charge is 0.491 e. The van der Waals surface area contributed by atoms with Crippen LogP contribution in [0.15, 0.2) is 23.1 Å². The Morgan fingerprint density at radius 1 is 1.41 bits per heavy atom. The Morgan fingerprint density at radius 2 is 2.18 bits per heavy atom. The lowest BCUT2D eigenvalue weighted by Gasteiger charge is -2.14. The van der Waals surface area contributed by atoms with Gasteiger partial charge in [-0.15, -0.1) is 0 Å². The lowest BCUT2D eigenvalue weighted by atomic mass is 10.2. The Hall–Kier alpha value is -1.11. The van der Waals surface area contributed by atoms with Gasteiger partial charge in [0, 0.05) is 12.6 Å². The molecule has 1 fully saturated rings. The van der Waals surface area contributed by atoms with E-state index in [9.17, 15) is 8.42 Å². The van der Waals surface area contributed by atoms with E-state index >= 15 is 0 Å². The highest BCUT2D eigenvalue weighted by Gasteiger charge is 2.18. The molecule has 1 aromatic carbocycles. The number of rotatable bonds is 7. The Labute approximate surface area is 133 Å². The fourth-order valence-electron chi connectivity index (χ4n) is 2.63. The molecule has 0 spiro atoms. The minimum Gasteiger partial charge on any atom is -0.491 e. The van der Waals surface area contributed by atoms with Gasteiger partial charge in [0.1, 0.15) is 5.75 Å². The van der Waals surface area contributed by atoms with Crippen molar-refractivity contribution in [2.45, 2.75) is 57.1 Å². The molecule has 2 N–H and O–H groups in total. The van der Waals surface area contributed by atoms with E-state index < -0.39 is 10.0 Å². The monoisotopic (exact) mass is 326 g/mol. The van der Waals surface area contributed by atoms with E-state index in [4.69, 9.17) is 4.74 Å². The van der Waals surface area contributed by atoms with Gasteiger partial charge in [-0.25, -0.2) is 13.1 Å². The smallest absolute Gasteiger partial charge is 0.240 e. The summed E-state index contributed by atoms with van der Waals surface area (Å²) in [6.45, 7) is 7.25. The molecule has 5 nitrogen and oxygen atoms in total. The molecular weight excluding hydrogens is 300 g/mol. The average molecular weight is 326 g/mol. The van der Waals surface area contributed by atoms with Gasteiger partial charge in [0.15, 0.2) is 0 Å². The maximum absolute atomic E-state index is 12.3. The summed E-state index contributed by atoms with van der Waals surface area (Å²) in [5.41, 5.74) is 0.828. The van der Waals surface area contributed by atoms with Gasteiger partial charge in [-0.05, 0) is 70.3 Å². The number of ether oxygens (including phenoxy) is 1. The van der Waals surface area contributed by atoms with Crippen LogP contribution in [0.4, 0.5) is 0 Å². The van der Waals surface area contributed by atoms with Gasteiger partial charge in [0.05, 0.1) is 11.0 Å². The van der Waals surface area contributed by atoms with Gasteiger partial charge >= 0.3 is 0 Å². The van der Waals surface area contributed by atoms with E-state index in [1.54, 1.807) is 18.2 Å². The normalized spacial score (nSPS) is 18.8. The van der Waals surface area contributed by atoms with Crippen LogP contribution in [0.5, 0.6) is 5.75 Å². The van der Waals surface area contributed by atoms with Crippen LogP contribution < -0.4 is 14.8 Å². The Bertz CT molecular complexity index is 593. The fraction of sp³-hybridized carbons (Fsp3) is 0.625. The third kappa shape index (κ3) is 4.69. The van der Waals surface area contributed by atoms with E-state index in [0.29, 0.717) is 17.5 Å². The minimum atomic E-state index is -3.45.